The second kappa shape index (κ2) is 5.32. The zero-order valence-electron chi connectivity index (χ0n) is 11.3. The third-order valence-corrected chi connectivity index (χ3v) is 2.59. The maximum Gasteiger partial charge on any atom is 0.350 e. The molecule has 1 aromatic carbocycles. The van der Waals surface area contributed by atoms with Gasteiger partial charge in [-0.3, -0.25) is 0 Å². The number of anilines is 1. The van der Waals surface area contributed by atoms with E-state index in [9.17, 15) is 27.2 Å². The third kappa shape index (κ3) is 2.87. The van der Waals surface area contributed by atoms with Gasteiger partial charge in [-0.15, -0.1) is 0 Å². The van der Waals surface area contributed by atoms with E-state index in [0.717, 1.165) is 0 Å². The molecule has 1 N–H and O–H groups in total. The fourth-order valence-electron chi connectivity index (χ4n) is 1.62. The summed E-state index contributed by atoms with van der Waals surface area (Å²) >= 11 is 0. The van der Waals surface area contributed by atoms with Gasteiger partial charge in [0.05, 0.1) is 0 Å². The van der Waals surface area contributed by atoms with Gasteiger partial charge in [0.15, 0.2) is 28.8 Å². The van der Waals surface area contributed by atoms with Crippen LogP contribution in [-0.2, 0) is 19.1 Å². The number of rotatable bonds is 2. The minimum Gasteiger partial charge on any atom is -0.419 e. The molecule has 1 heterocycles. The Bertz CT molecular complexity index is 652. The van der Waals surface area contributed by atoms with Crippen molar-refractivity contribution >= 4 is 17.6 Å². The summed E-state index contributed by atoms with van der Waals surface area (Å²) in [6, 6.07) is 0.0225. The lowest BCUT2D eigenvalue weighted by Gasteiger charge is -2.29. The Morgan fingerprint density at radius 2 is 1.45 bits per heavy atom. The van der Waals surface area contributed by atoms with Gasteiger partial charge in [-0.25, -0.2) is 27.2 Å². The summed E-state index contributed by atoms with van der Waals surface area (Å²) in [5, 5.41) is 1.83. The molecule has 1 aliphatic rings. The monoisotopic (exact) mass is 319 g/mol. The maximum absolute atomic E-state index is 13.4. The van der Waals surface area contributed by atoms with Gasteiger partial charge in [-0.1, -0.05) is 0 Å². The molecule has 118 valence electrons. The van der Waals surface area contributed by atoms with Gasteiger partial charge >= 0.3 is 11.9 Å². The number of cyclic esters (lactones) is 2. The molecule has 22 heavy (non-hydrogen) atoms. The van der Waals surface area contributed by atoms with Crippen LogP contribution < -0.4 is 5.32 Å². The van der Waals surface area contributed by atoms with Crippen LogP contribution in [0, 0.1) is 23.3 Å². The van der Waals surface area contributed by atoms with Crippen LogP contribution in [0.1, 0.15) is 13.8 Å². The van der Waals surface area contributed by atoms with Gasteiger partial charge in [0.2, 0.25) is 0 Å². The summed E-state index contributed by atoms with van der Waals surface area (Å²) in [5.74, 6) is -10.4. The smallest absolute Gasteiger partial charge is 0.350 e. The molecule has 0 saturated carbocycles. The van der Waals surface area contributed by atoms with E-state index in [2.05, 4.69) is 0 Å². The predicted octanol–water partition coefficient (Wildman–Crippen LogP) is 2.37. The average Bonchev–Trinajstić information content (AvgIpc) is 2.37. The largest absolute Gasteiger partial charge is 0.419 e. The normalized spacial score (nSPS) is 16.9. The lowest BCUT2D eigenvalue weighted by atomic mass is 10.2. The Labute approximate surface area is 121 Å². The highest BCUT2D eigenvalue weighted by molar-refractivity contribution is 6.15. The van der Waals surface area contributed by atoms with Crippen molar-refractivity contribution in [3.63, 3.8) is 0 Å². The molecule has 0 spiro atoms. The van der Waals surface area contributed by atoms with Crippen molar-refractivity contribution in [2.45, 2.75) is 19.6 Å². The zero-order valence-corrected chi connectivity index (χ0v) is 11.3. The first-order chi connectivity index (χ1) is 10.1. The van der Waals surface area contributed by atoms with Crippen LogP contribution in [0.4, 0.5) is 23.2 Å². The number of halogens is 4. The van der Waals surface area contributed by atoms with Gasteiger partial charge in [0, 0.05) is 26.1 Å². The molecule has 0 radical (unpaired) electrons. The van der Waals surface area contributed by atoms with Crippen molar-refractivity contribution in [1.29, 1.82) is 0 Å². The van der Waals surface area contributed by atoms with Crippen LogP contribution in [0.5, 0.6) is 0 Å². The Hall–Kier alpha value is -2.58. The fourth-order valence-corrected chi connectivity index (χ4v) is 1.62. The molecule has 1 fully saturated rings. The standard InChI is InChI=1S/C13H9F4NO4/c1-13(2)21-11(19)5(12(20)22-13)4-18-10-8(16)6(14)3-7(15)9(10)17/h3-4,18H,1-2H3. The Balaban J connectivity index is 2.34. The second-order valence-corrected chi connectivity index (χ2v) is 4.72. The van der Waals surface area contributed by atoms with Crippen LogP contribution in [0.25, 0.3) is 0 Å². The van der Waals surface area contributed by atoms with Gasteiger partial charge < -0.3 is 14.8 Å². The number of ether oxygens (including phenoxy) is 2. The van der Waals surface area contributed by atoms with Crippen LogP contribution in [0.15, 0.2) is 17.8 Å². The van der Waals surface area contributed by atoms with Crippen molar-refractivity contribution in [3.05, 3.63) is 41.1 Å². The molecule has 2 rings (SSSR count). The molecule has 0 amide bonds. The Morgan fingerprint density at radius 3 is 1.91 bits per heavy atom. The molecule has 0 bridgehead atoms. The number of nitrogens with one attached hydrogen (secondary N) is 1. The minimum absolute atomic E-state index is 0.0225. The molecule has 0 aromatic heterocycles. The van der Waals surface area contributed by atoms with Crippen molar-refractivity contribution in [3.8, 4) is 0 Å². The summed E-state index contributed by atoms with van der Waals surface area (Å²) in [5.41, 5.74) is -1.92. The SMILES string of the molecule is CC1(C)OC(=O)C(=CNc2c(F)c(F)cc(F)c2F)C(=O)O1. The highest BCUT2D eigenvalue weighted by Gasteiger charge is 2.39. The van der Waals surface area contributed by atoms with E-state index in [1.807, 2.05) is 5.32 Å². The van der Waals surface area contributed by atoms with Gasteiger partial charge in [-0.05, 0) is 0 Å². The molecule has 1 saturated heterocycles. The zero-order chi connectivity index (χ0) is 16.7. The molecule has 1 aromatic rings. The summed E-state index contributed by atoms with van der Waals surface area (Å²) < 4.78 is 62.3. The van der Waals surface area contributed by atoms with Crippen LogP contribution in [0.2, 0.25) is 0 Å². The van der Waals surface area contributed by atoms with Crippen molar-refractivity contribution in [2.75, 3.05) is 5.32 Å². The first-order valence-corrected chi connectivity index (χ1v) is 5.89. The van der Waals surface area contributed by atoms with Crippen LogP contribution in [0.3, 0.4) is 0 Å². The number of hydrogen-bond donors (Lipinski definition) is 1. The van der Waals surface area contributed by atoms with E-state index in [4.69, 9.17) is 9.47 Å². The summed E-state index contributed by atoms with van der Waals surface area (Å²) in [6.07, 6.45) is 0.542. The van der Waals surface area contributed by atoms with E-state index < -0.39 is 52.3 Å². The number of benzene rings is 1. The van der Waals surface area contributed by atoms with E-state index in [0.29, 0.717) is 6.20 Å². The Morgan fingerprint density at radius 1 is 1.00 bits per heavy atom. The van der Waals surface area contributed by atoms with Crippen molar-refractivity contribution in [2.24, 2.45) is 0 Å². The predicted molar refractivity (Wildman–Crippen MR) is 64.2 cm³/mol. The molecule has 5 nitrogen and oxygen atoms in total. The van der Waals surface area contributed by atoms with Gasteiger partial charge in [-0.2, -0.15) is 0 Å². The Kier molecular flexibility index (Phi) is 3.82. The van der Waals surface area contributed by atoms with E-state index >= 15 is 0 Å². The summed E-state index contributed by atoms with van der Waals surface area (Å²) in [4.78, 5) is 23.2. The highest BCUT2D eigenvalue weighted by atomic mass is 19.2. The van der Waals surface area contributed by atoms with E-state index in [-0.39, 0.29) is 6.07 Å². The highest BCUT2D eigenvalue weighted by Crippen LogP contribution is 2.26. The quantitative estimate of drug-likeness (QED) is 0.298. The summed E-state index contributed by atoms with van der Waals surface area (Å²) in [7, 11) is 0. The second-order valence-electron chi connectivity index (χ2n) is 4.72. The average molecular weight is 319 g/mol. The van der Waals surface area contributed by atoms with Gasteiger partial charge in [0.25, 0.3) is 5.79 Å². The molecule has 1 aliphatic heterocycles. The van der Waals surface area contributed by atoms with Crippen molar-refractivity contribution in [1.82, 2.24) is 0 Å². The minimum atomic E-state index is -1.71. The van der Waals surface area contributed by atoms with Gasteiger partial charge in [0.1, 0.15) is 5.69 Å². The summed E-state index contributed by atoms with van der Waals surface area (Å²) in [6.45, 7) is 2.60. The number of hydrogen-bond acceptors (Lipinski definition) is 5. The number of esters is 2. The lowest BCUT2D eigenvalue weighted by molar-refractivity contribution is -0.222. The number of carbonyl (C=O) groups is 2. The topological polar surface area (TPSA) is 64.6 Å². The molecule has 0 aliphatic carbocycles. The van der Waals surface area contributed by atoms with Crippen LogP contribution in [-0.4, -0.2) is 17.7 Å². The first-order valence-electron chi connectivity index (χ1n) is 5.89. The third-order valence-electron chi connectivity index (χ3n) is 2.59. The lowest BCUT2D eigenvalue weighted by Crippen LogP contribution is -2.42. The number of carbonyl (C=O) groups excluding carboxylic acids is 2. The fraction of sp³-hybridized carbons (Fsp3) is 0.231. The molecule has 0 unspecified atom stereocenters. The molecule has 0 atom stereocenters. The van der Waals surface area contributed by atoms with Crippen LogP contribution >= 0.6 is 0 Å². The first kappa shape index (κ1) is 15.8. The maximum atomic E-state index is 13.4. The van der Waals surface area contributed by atoms with Crippen molar-refractivity contribution < 1.29 is 36.6 Å². The van der Waals surface area contributed by atoms with E-state index in [1.165, 1.54) is 13.8 Å². The molecular formula is C13H9F4NO4. The van der Waals surface area contributed by atoms with E-state index in [1.54, 1.807) is 0 Å². The molecular weight excluding hydrogens is 310 g/mol. The molecule has 9 heteroatoms.